The minimum absolute atomic E-state index is 0.0973. The average Bonchev–Trinajstić information content (AvgIpc) is 2.66. The first-order valence-corrected chi connectivity index (χ1v) is 9.74. The van der Waals surface area contributed by atoms with Gasteiger partial charge in [0.25, 0.3) is 5.91 Å². The molecule has 2 aromatic rings. The van der Waals surface area contributed by atoms with Crippen molar-refractivity contribution in [3.05, 3.63) is 47.8 Å². The number of nitrogens with zero attached hydrogens (tertiary/aromatic N) is 1. The van der Waals surface area contributed by atoms with Gasteiger partial charge < -0.3 is 21.1 Å². The van der Waals surface area contributed by atoms with Crippen LogP contribution in [0.4, 0.5) is 15.8 Å². The SMILES string of the molecule is COc1ccc(NC(=O)CNc2ccc(C(N)=O)c(F)c2)cc1S(=O)(=O)N(C)C. The van der Waals surface area contributed by atoms with Crippen LogP contribution in [-0.2, 0) is 14.8 Å². The van der Waals surface area contributed by atoms with Gasteiger partial charge in [0.05, 0.1) is 19.2 Å². The number of methoxy groups -OCH3 is 1. The van der Waals surface area contributed by atoms with E-state index in [4.69, 9.17) is 10.5 Å². The standard InChI is InChI=1S/C18H21FN4O5S/c1-23(2)29(26,27)16-9-12(5-7-15(16)28-3)22-17(24)10-21-11-4-6-13(18(20)25)14(19)8-11/h4-9,21H,10H2,1-3H3,(H2,20,25)(H,22,24). The maximum absolute atomic E-state index is 13.8. The number of nitrogens with two attached hydrogens (primary N) is 1. The Labute approximate surface area is 167 Å². The number of nitrogens with one attached hydrogen (secondary N) is 2. The topological polar surface area (TPSA) is 131 Å². The number of amides is 2. The average molecular weight is 424 g/mol. The number of carbonyl (C=O) groups excluding carboxylic acids is 2. The summed E-state index contributed by atoms with van der Waals surface area (Å²) in [4.78, 5) is 23.1. The number of sulfonamides is 1. The Morgan fingerprint density at radius 3 is 2.34 bits per heavy atom. The van der Waals surface area contributed by atoms with Crippen LogP contribution in [0.3, 0.4) is 0 Å². The van der Waals surface area contributed by atoms with Crippen molar-refractivity contribution in [1.82, 2.24) is 4.31 Å². The van der Waals surface area contributed by atoms with Gasteiger partial charge in [-0.05, 0) is 36.4 Å². The molecule has 156 valence electrons. The van der Waals surface area contributed by atoms with Crippen LogP contribution in [0.15, 0.2) is 41.3 Å². The van der Waals surface area contributed by atoms with Crippen LogP contribution in [0.5, 0.6) is 5.75 Å². The second kappa shape index (κ2) is 8.88. The summed E-state index contributed by atoms with van der Waals surface area (Å²) in [5.74, 6) is -2.06. The first kappa shape index (κ1) is 22.1. The molecule has 0 heterocycles. The van der Waals surface area contributed by atoms with E-state index >= 15 is 0 Å². The van der Waals surface area contributed by atoms with E-state index in [2.05, 4.69) is 10.6 Å². The molecule has 0 radical (unpaired) electrons. The number of halogens is 1. The van der Waals surface area contributed by atoms with Gasteiger partial charge in [-0.15, -0.1) is 0 Å². The zero-order valence-corrected chi connectivity index (χ0v) is 16.8. The number of rotatable bonds is 8. The molecule has 2 amide bonds. The molecule has 0 fully saturated rings. The summed E-state index contributed by atoms with van der Waals surface area (Å²) in [6.45, 7) is -0.225. The molecule has 0 bridgehead atoms. The van der Waals surface area contributed by atoms with Crippen LogP contribution >= 0.6 is 0 Å². The van der Waals surface area contributed by atoms with E-state index in [1.165, 1.54) is 51.5 Å². The molecule has 9 nitrogen and oxygen atoms in total. The van der Waals surface area contributed by atoms with Gasteiger partial charge in [0.1, 0.15) is 16.5 Å². The Kier molecular flexibility index (Phi) is 6.77. The van der Waals surface area contributed by atoms with E-state index in [9.17, 15) is 22.4 Å². The summed E-state index contributed by atoms with van der Waals surface area (Å²) in [6, 6.07) is 7.87. The van der Waals surface area contributed by atoms with Gasteiger partial charge in [-0.1, -0.05) is 0 Å². The van der Waals surface area contributed by atoms with Gasteiger partial charge in [0.2, 0.25) is 15.9 Å². The summed E-state index contributed by atoms with van der Waals surface area (Å²) >= 11 is 0. The molecule has 11 heteroatoms. The second-order valence-electron chi connectivity index (χ2n) is 6.11. The minimum Gasteiger partial charge on any atom is -0.495 e. The Morgan fingerprint density at radius 1 is 1.14 bits per heavy atom. The van der Waals surface area contributed by atoms with E-state index < -0.39 is 27.7 Å². The fourth-order valence-electron chi connectivity index (χ4n) is 2.37. The van der Waals surface area contributed by atoms with Crippen LogP contribution in [0.1, 0.15) is 10.4 Å². The van der Waals surface area contributed by atoms with Crippen molar-refractivity contribution < 1.29 is 27.1 Å². The molecule has 0 unspecified atom stereocenters. The highest BCUT2D eigenvalue weighted by atomic mass is 32.2. The van der Waals surface area contributed by atoms with E-state index in [1.54, 1.807) is 0 Å². The lowest BCUT2D eigenvalue weighted by Crippen LogP contribution is -2.24. The summed E-state index contributed by atoms with van der Waals surface area (Å²) < 4.78 is 44.7. The lowest BCUT2D eigenvalue weighted by molar-refractivity contribution is -0.114. The molecule has 0 spiro atoms. The molecule has 2 rings (SSSR count). The normalized spacial score (nSPS) is 11.2. The summed E-state index contributed by atoms with van der Waals surface area (Å²) in [6.07, 6.45) is 0. The fraction of sp³-hybridized carbons (Fsp3) is 0.222. The van der Waals surface area contributed by atoms with Crippen molar-refractivity contribution in [3.8, 4) is 5.75 Å². The first-order valence-electron chi connectivity index (χ1n) is 8.30. The zero-order valence-electron chi connectivity index (χ0n) is 16.0. The van der Waals surface area contributed by atoms with Gasteiger partial charge in [0, 0.05) is 25.5 Å². The Morgan fingerprint density at radius 2 is 1.79 bits per heavy atom. The van der Waals surface area contributed by atoms with Crippen molar-refractivity contribution in [2.75, 3.05) is 38.4 Å². The molecule has 29 heavy (non-hydrogen) atoms. The van der Waals surface area contributed by atoms with Gasteiger partial charge >= 0.3 is 0 Å². The highest BCUT2D eigenvalue weighted by Gasteiger charge is 2.23. The molecule has 0 aromatic heterocycles. The van der Waals surface area contributed by atoms with Crippen molar-refractivity contribution >= 4 is 33.2 Å². The predicted octanol–water partition coefficient (Wildman–Crippen LogP) is 1.23. The molecule has 0 aliphatic rings. The van der Waals surface area contributed by atoms with Gasteiger partial charge in [-0.2, -0.15) is 0 Å². The first-order chi connectivity index (χ1) is 13.6. The third-order valence-corrected chi connectivity index (χ3v) is 5.73. The Bertz CT molecular complexity index is 1040. The summed E-state index contributed by atoms with van der Waals surface area (Å²) in [7, 11) is 0.318. The van der Waals surface area contributed by atoms with Crippen LogP contribution in [0.2, 0.25) is 0 Å². The molecule has 0 saturated carbocycles. The van der Waals surface area contributed by atoms with Crippen molar-refractivity contribution in [2.24, 2.45) is 5.73 Å². The maximum Gasteiger partial charge on any atom is 0.251 e. The maximum atomic E-state index is 13.8. The van der Waals surface area contributed by atoms with Gasteiger partial charge in [0.15, 0.2) is 0 Å². The Hall–Kier alpha value is -3.18. The molecule has 0 aliphatic carbocycles. The molecular weight excluding hydrogens is 403 g/mol. The number of hydrogen-bond donors (Lipinski definition) is 3. The van der Waals surface area contributed by atoms with E-state index in [-0.39, 0.29) is 34.1 Å². The van der Waals surface area contributed by atoms with E-state index in [0.717, 1.165) is 10.4 Å². The molecule has 0 atom stereocenters. The quantitative estimate of drug-likeness (QED) is 0.584. The van der Waals surface area contributed by atoms with Gasteiger partial charge in [-0.3, -0.25) is 9.59 Å². The number of benzene rings is 2. The number of hydrogen-bond acceptors (Lipinski definition) is 6. The molecule has 0 saturated heterocycles. The van der Waals surface area contributed by atoms with Crippen LogP contribution in [0.25, 0.3) is 0 Å². The van der Waals surface area contributed by atoms with Crippen molar-refractivity contribution in [2.45, 2.75) is 4.90 Å². The monoisotopic (exact) mass is 424 g/mol. The van der Waals surface area contributed by atoms with Gasteiger partial charge in [-0.25, -0.2) is 17.1 Å². The molecule has 2 aromatic carbocycles. The lowest BCUT2D eigenvalue weighted by atomic mass is 10.2. The lowest BCUT2D eigenvalue weighted by Gasteiger charge is -2.16. The Balaban J connectivity index is 2.11. The van der Waals surface area contributed by atoms with Crippen LogP contribution in [0, 0.1) is 5.82 Å². The minimum atomic E-state index is -3.79. The fourth-order valence-corrected chi connectivity index (χ4v) is 3.44. The highest BCUT2D eigenvalue weighted by molar-refractivity contribution is 7.89. The summed E-state index contributed by atoms with van der Waals surface area (Å²) in [5.41, 5.74) is 5.30. The second-order valence-corrected chi connectivity index (χ2v) is 8.23. The summed E-state index contributed by atoms with van der Waals surface area (Å²) in [5, 5.41) is 5.25. The highest BCUT2D eigenvalue weighted by Crippen LogP contribution is 2.28. The third-order valence-electron chi connectivity index (χ3n) is 3.89. The largest absolute Gasteiger partial charge is 0.495 e. The third kappa shape index (κ3) is 5.21. The molecular formula is C18H21FN4O5S. The van der Waals surface area contributed by atoms with E-state index in [1.807, 2.05) is 0 Å². The predicted molar refractivity (Wildman–Crippen MR) is 106 cm³/mol. The number of ether oxygens (including phenoxy) is 1. The van der Waals surface area contributed by atoms with Crippen LogP contribution in [-0.4, -0.2) is 52.3 Å². The number of carbonyl (C=O) groups is 2. The van der Waals surface area contributed by atoms with Crippen molar-refractivity contribution in [3.63, 3.8) is 0 Å². The number of anilines is 2. The number of primary amides is 1. The molecule has 4 N–H and O–H groups in total. The smallest absolute Gasteiger partial charge is 0.251 e. The van der Waals surface area contributed by atoms with E-state index in [0.29, 0.717) is 0 Å². The zero-order chi connectivity index (χ0) is 21.8. The van der Waals surface area contributed by atoms with Crippen LogP contribution < -0.4 is 21.1 Å². The van der Waals surface area contributed by atoms with Crippen molar-refractivity contribution in [1.29, 1.82) is 0 Å². The molecule has 0 aliphatic heterocycles.